The molecule has 0 atom stereocenters. The first-order chi connectivity index (χ1) is 8.28. The van der Waals surface area contributed by atoms with Crippen LogP contribution >= 0.6 is 22.9 Å². The minimum atomic E-state index is 0.487. The summed E-state index contributed by atoms with van der Waals surface area (Å²) in [5.41, 5.74) is 2.03. The second-order valence-corrected chi connectivity index (χ2v) is 5.07. The van der Waals surface area contributed by atoms with Crippen LogP contribution in [-0.4, -0.2) is 21.9 Å². The summed E-state index contributed by atoms with van der Waals surface area (Å²) in [6.45, 7) is 1.66. The molecule has 0 aliphatic heterocycles. The van der Waals surface area contributed by atoms with E-state index in [0.717, 1.165) is 29.5 Å². The lowest BCUT2D eigenvalue weighted by Crippen LogP contribution is -2.17. The van der Waals surface area contributed by atoms with E-state index in [1.807, 2.05) is 29.8 Å². The number of alkyl halides is 1. The molecule has 17 heavy (non-hydrogen) atoms. The maximum Gasteiger partial charge on any atom is 0.107 e. The van der Waals surface area contributed by atoms with Gasteiger partial charge in [-0.2, -0.15) is 0 Å². The number of hydrogen-bond donors (Lipinski definition) is 0. The van der Waals surface area contributed by atoms with Crippen molar-refractivity contribution >= 4 is 22.9 Å². The highest BCUT2D eigenvalue weighted by Crippen LogP contribution is 2.14. The fourth-order valence-corrected chi connectivity index (χ4v) is 2.64. The van der Waals surface area contributed by atoms with Crippen LogP contribution in [0, 0.1) is 0 Å². The third kappa shape index (κ3) is 3.77. The lowest BCUT2D eigenvalue weighted by Gasteiger charge is -2.14. The fourth-order valence-electron chi connectivity index (χ4n) is 1.54. The maximum absolute atomic E-state index is 5.73. The summed E-state index contributed by atoms with van der Waals surface area (Å²) in [6, 6.07) is 5.96. The van der Waals surface area contributed by atoms with Gasteiger partial charge in [0.1, 0.15) is 5.01 Å². The fraction of sp³-hybridized carbons (Fsp3) is 0.333. The van der Waals surface area contributed by atoms with E-state index in [1.54, 1.807) is 11.3 Å². The zero-order chi connectivity index (χ0) is 12.1. The molecule has 2 heterocycles. The van der Waals surface area contributed by atoms with Crippen LogP contribution in [-0.2, 0) is 19.0 Å². The van der Waals surface area contributed by atoms with E-state index in [0.29, 0.717) is 5.88 Å². The second-order valence-electron chi connectivity index (χ2n) is 3.86. The highest BCUT2D eigenvalue weighted by atomic mass is 35.5. The number of pyridine rings is 1. The molecular weight excluding hydrogens is 254 g/mol. The van der Waals surface area contributed by atoms with E-state index in [4.69, 9.17) is 11.6 Å². The summed E-state index contributed by atoms with van der Waals surface area (Å²) < 4.78 is 0. The molecule has 0 N–H and O–H groups in total. The quantitative estimate of drug-likeness (QED) is 0.780. The Morgan fingerprint density at radius 1 is 1.29 bits per heavy atom. The van der Waals surface area contributed by atoms with Crippen molar-refractivity contribution in [3.63, 3.8) is 0 Å². The van der Waals surface area contributed by atoms with E-state index in [2.05, 4.69) is 21.9 Å². The summed E-state index contributed by atoms with van der Waals surface area (Å²) in [5.74, 6) is 0.487. The minimum Gasteiger partial charge on any atom is -0.294 e. The van der Waals surface area contributed by atoms with Crippen molar-refractivity contribution in [3.05, 3.63) is 46.2 Å². The van der Waals surface area contributed by atoms with Gasteiger partial charge in [-0.1, -0.05) is 6.07 Å². The Balaban J connectivity index is 1.91. The Morgan fingerprint density at radius 2 is 2.18 bits per heavy atom. The molecule has 0 aromatic carbocycles. The Morgan fingerprint density at radius 3 is 2.82 bits per heavy atom. The summed E-state index contributed by atoms with van der Waals surface area (Å²) in [5, 5.41) is 3.11. The molecule has 2 aromatic rings. The van der Waals surface area contributed by atoms with Crippen LogP contribution in [0.4, 0.5) is 0 Å². The van der Waals surface area contributed by atoms with E-state index >= 15 is 0 Å². The first-order valence-electron chi connectivity index (χ1n) is 5.35. The van der Waals surface area contributed by atoms with Crippen molar-refractivity contribution < 1.29 is 0 Å². The van der Waals surface area contributed by atoms with Crippen molar-refractivity contribution in [1.29, 1.82) is 0 Å². The van der Waals surface area contributed by atoms with Crippen molar-refractivity contribution in [2.45, 2.75) is 19.0 Å². The number of aromatic nitrogens is 2. The van der Waals surface area contributed by atoms with E-state index in [1.165, 1.54) is 0 Å². The van der Waals surface area contributed by atoms with Crippen LogP contribution in [0.5, 0.6) is 0 Å². The van der Waals surface area contributed by atoms with Gasteiger partial charge in [0.2, 0.25) is 0 Å². The van der Waals surface area contributed by atoms with Gasteiger partial charge in [0, 0.05) is 18.1 Å². The normalized spacial score (nSPS) is 11.0. The molecule has 5 heteroatoms. The number of nitrogens with zero attached hydrogens (tertiary/aromatic N) is 3. The van der Waals surface area contributed by atoms with Crippen LogP contribution in [0.25, 0.3) is 0 Å². The van der Waals surface area contributed by atoms with Crippen molar-refractivity contribution in [2.24, 2.45) is 0 Å². The van der Waals surface area contributed by atoms with Gasteiger partial charge in [0.25, 0.3) is 0 Å². The van der Waals surface area contributed by atoms with Crippen LogP contribution in [0.2, 0.25) is 0 Å². The standard InChI is InChI=1S/C12H14ClN3S/c1-16(7-10-4-2-3-5-14-10)8-12-15-11(6-13)9-17-12/h2-5,9H,6-8H2,1H3. The minimum absolute atomic E-state index is 0.487. The highest BCUT2D eigenvalue weighted by molar-refractivity contribution is 7.09. The lowest BCUT2D eigenvalue weighted by atomic mass is 10.3. The average molecular weight is 268 g/mol. The molecule has 0 spiro atoms. The highest BCUT2D eigenvalue weighted by Gasteiger charge is 2.06. The van der Waals surface area contributed by atoms with Gasteiger partial charge < -0.3 is 0 Å². The molecule has 0 bridgehead atoms. The van der Waals surface area contributed by atoms with E-state index < -0.39 is 0 Å². The maximum atomic E-state index is 5.73. The van der Waals surface area contributed by atoms with Gasteiger partial charge in [-0.15, -0.1) is 22.9 Å². The van der Waals surface area contributed by atoms with Gasteiger partial charge in [0.15, 0.2) is 0 Å². The molecular formula is C12H14ClN3S. The zero-order valence-electron chi connectivity index (χ0n) is 9.64. The van der Waals surface area contributed by atoms with Crippen LogP contribution in [0.1, 0.15) is 16.4 Å². The molecule has 0 saturated carbocycles. The average Bonchev–Trinajstić information content (AvgIpc) is 2.78. The van der Waals surface area contributed by atoms with Crippen LogP contribution in [0.3, 0.4) is 0 Å². The van der Waals surface area contributed by atoms with Gasteiger partial charge in [-0.05, 0) is 19.2 Å². The molecule has 0 amide bonds. The van der Waals surface area contributed by atoms with E-state index in [9.17, 15) is 0 Å². The van der Waals surface area contributed by atoms with Gasteiger partial charge in [0.05, 0.1) is 23.8 Å². The topological polar surface area (TPSA) is 29.0 Å². The lowest BCUT2D eigenvalue weighted by molar-refractivity contribution is 0.314. The summed E-state index contributed by atoms with van der Waals surface area (Å²) in [4.78, 5) is 10.9. The summed E-state index contributed by atoms with van der Waals surface area (Å²) in [7, 11) is 2.07. The molecule has 2 aromatic heterocycles. The summed E-state index contributed by atoms with van der Waals surface area (Å²) >= 11 is 7.38. The number of halogens is 1. The number of hydrogen-bond acceptors (Lipinski definition) is 4. The predicted octanol–water partition coefficient (Wildman–Crippen LogP) is 2.91. The van der Waals surface area contributed by atoms with E-state index in [-0.39, 0.29) is 0 Å². The Hall–Kier alpha value is -0.970. The Labute approximate surface area is 110 Å². The van der Waals surface area contributed by atoms with Crippen molar-refractivity contribution in [2.75, 3.05) is 7.05 Å². The smallest absolute Gasteiger partial charge is 0.107 e. The molecule has 0 aliphatic carbocycles. The second kappa shape index (κ2) is 6.10. The molecule has 0 fully saturated rings. The summed E-state index contributed by atoms with van der Waals surface area (Å²) in [6.07, 6.45) is 1.82. The molecule has 0 unspecified atom stereocenters. The molecule has 0 radical (unpaired) electrons. The Kier molecular flexibility index (Phi) is 4.48. The Bertz CT molecular complexity index is 458. The van der Waals surface area contributed by atoms with Gasteiger partial charge in [-0.3, -0.25) is 9.88 Å². The third-order valence-electron chi connectivity index (χ3n) is 2.30. The SMILES string of the molecule is CN(Cc1ccccn1)Cc1nc(CCl)cs1. The van der Waals surface area contributed by atoms with Gasteiger partial charge in [-0.25, -0.2) is 4.98 Å². The van der Waals surface area contributed by atoms with Crippen molar-refractivity contribution in [3.8, 4) is 0 Å². The molecule has 90 valence electrons. The largest absolute Gasteiger partial charge is 0.294 e. The molecule has 0 aliphatic rings. The molecule has 0 saturated heterocycles. The molecule has 3 nitrogen and oxygen atoms in total. The first kappa shape index (κ1) is 12.5. The monoisotopic (exact) mass is 267 g/mol. The van der Waals surface area contributed by atoms with Crippen LogP contribution < -0.4 is 0 Å². The zero-order valence-corrected chi connectivity index (χ0v) is 11.2. The predicted molar refractivity (Wildman–Crippen MR) is 71.1 cm³/mol. The van der Waals surface area contributed by atoms with Gasteiger partial charge >= 0.3 is 0 Å². The number of rotatable bonds is 5. The van der Waals surface area contributed by atoms with Crippen LogP contribution in [0.15, 0.2) is 29.8 Å². The van der Waals surface area contributed by atoms with Crippen molar-refractivity contribution in [1.82, 2.24) is 14.9 Å². The number of thiazole rings is 1. The third-order valence-corrected chi connectivity index (χ3v) is 3.46. The first-order valence-corrected chi connectivity index (χ1v) is 6.77. The molecule has 2 rings (SSSR count).